The van der Waals surface area contributed by atoms with Crippen LogP contribution in [-0.4, -0.2) is 66.2 Å². The Morgan fingerprint density at radius 1 is 0.758 bits per heavy atom. The maximum Gasteiger partial charge on any atom is 0.339 e. The van der Waals surface area contributed by atoms with E-state index in [9.17, 15) is 19.2 Å². The number of ketones is 1. The van der Waals surface area contributed by atoms with Crippen LogP contribution in [0.5, 0.6) is 0 Å². The zero-order valence-corrected chi connectivity index (χ0v) is 18.6. The van der Waals surface area contributed by atoms with Crippen molar-refractivity contribution in [3.05, 3.63) is 93.7 Å². The monoisotopic (exact) mass is 462 g/mol. The smallest absolute Gasteiger partial charge is 0.339 e. The summed E-state index contributed by atoms with van der Waals surface area (Å²) in [6.07, 6.45) is 0. The molecule has 2 aromatic carbocycles. The van der Waals surface area contributed by atoms with E-state index in [4.69, 9.17) is 4.74 Å². The summed E-state index contributed by atoms with van der Waals surface area (Å²) in [6, 6.07) is 18.7. The molecule has 2 heterocycles. The molecular weight excluding hydrogens is 440 g/mol. The van der Waals surface area contributed by atoms with E-state index in [1.54, 1.807) is 64.4 Å². The second-order valence-corrected chi connectivity index (χ2v) is 8.41. The van der Waals surface area contributed by atoms with Crippen molar-refractivity contribution >= 4 is 34.9 Å². The Labute approximate surface area is 195 Å². The van der Waals surface area contributed by atoms with Crippen molar-refractivity contribution < 1.29 is 23.9 Å². The van der Waals surface area contributed by atoms with E-state index in [-0.39, 0.29) is 28.7 Å². The summed E-state index contributed by atoms with van der Waals surface area (Å²) in [4.78, 5) is 54.4. The van der Waals surface area contributed by atoms with Gasteiger partial charge in [0.2, 0.25) is 0 Å². The highest BCUT2D eigenvalue weighted by atomic mass is 32.1. The van der Waals surface area contributed by atoms with Gasteiger partial charge in [0.05, 0.1) is 10.4 Å². The molecule has 1 aliphatic rings. The maximum absolute atomic E-state index is 12.8. The molecule has 1 aromatic heterocycles. The van der Waals surface area contributed by atoms with Gasteiger partial charge in [-0.25, -0.2) is 4.79 Å². The van der Waals surface area contributed by atoms with Gasteiger partial charge in [0.1, 0.15) is 0 Å². The number of esters is 1. The van der Waals surface area contributed by atoms with E-state index in [1.165, 1.54) is 17.4 Å². The lowest BCUT2D eigenvalue weighted by Gasteiger charge is -2.34. The van der Waals surface area contributed by atoms with Crippen LogP contribution >= 0.6 is 11.3 Å². The summed E-state index contributed by atoms with van der Waals surface area (Å²) in [5.41, 5.74) is 0.802. The number of ether oxygens (including phenoxy) is 1. The van der Waals surface area contributed by atoms with Gasteiger partial charge in [-0.05, 0) is 17.5 Å². The van der Waals surface area contributed by atoms with Crippen LogP contribution in [0.3, 0.4) is 0 Å². The summed E-state index contributed by atoms with van der Waals surface area (Å²) in [7, 11) is 0. The van der Waals surface area contributed by atoms with Crippen LogP contribution < -0.4 is 0 Å². The molecule has 1 aliphatic heterocycles. The van der Waals surface area contributed by atoms with E-state index in [2.05, 4.69) is 0 Å². The Balaban J connectivity index is 1.33. The van der Waals surface area contributed by atoms with Gasteiger partial charge < -0.3 is 14.5 Å². The number of benzene rings is 2. The number of thiophene rings is 1. The summed E-state index contributed by atoms with van der Waals surface area (Å²) < 4.78 is 5.24. The Kier molecular flexibility index (Phi) is 6.95. The first-order valence-corrected chi connectivity index (χ1v) is 11.4. The summed E-state index contributed by atoms with van der Waals surface area (Å²) >= 11 is 1.39. The fraction of sp³-hybridized carbons (Fsp3) is 0.200. The topological polar surface area (TPSA) is 84.0 Å². The number of rotatable bonds is 6. The van der Waals surface area contributed by atoms with Crippen LogP contribution in [0.15, 0.2) is 72.1 Å². The molecule has 0 spiro atoms. The SMILES string of the molecule is O=C(OCC(=O)N1CCN(C(=O)c2cccs2)CC1)c1ccccc1C(=O)c1ccccc1. The number of amides is 2. The fourth-order valence-electron chi connectivity index (χ4n) is 3.62. The average Bonchev–Trinajstić information content (AvgIpc) is 3.42. The number of hydrogen-bond acceptors (Lipinski definition) is 6. The quantitative estimate of drug-likeness (QED) is 0.415. The first-order valence-electron chi connectivity index (χ1n) is 10.5. The molecule has 0 saturated carbocycles. The molecule has 1 saturated heterocycles. The number of piperazine rings is 1. The summed E-state index contributed by atoms with van der Waals surface area (Å²) in [5, 5.41) is 1.85. The van der Waals surface area contributed by atoms with Crippen molar-refractivity contribution in [1.29, 1.82) is 0 Å². The van der Waals surface area contributed by atoms with Gasteiger partial charge in [0, 0.05) is 37.3 Å². The molecule has 0 bridgehead atoms. The van der Waals surface area contributed by atoms with Crippen LogP contribution in [0, 0.1) is 0 Å². The zero-order chi connectivity index (χ0) is 23.2. The Bertz CT molecular complexity index is 1150. The third-order valence-corrected chi connectivity index (χ3v) is 6.26. The maximum atomic E-state index is 12.8. The van der Waals surface area contributed by atoms with Gasteiger partial charge in [-0.2, -0.15) is 0 Å². The van der Waals surface area contributed by atoms with Gasteiger partial charge in [0.15, 0.2) is 12.4 Å². The van der Waals surface area contributed by atoms with Crippen LogP contribution in [0.25, 0.3) is 0 Å². The molecule has 8 heteroatoms. The number of nitrogens with zero attached hydrogens (tertiary/aromatic N) is 2. The van der Waals surface area contributed by atoms with Gasteiger partial charge in [0.25, 0.3) is 11.8 Å². The largest absolute Gasteiger partial charge is 0.452 e. The zero-order valence-electron chi connectivity index (χ0n) is 17.8. The van der Waals surface area contributed by atoms with E-state index >= 15 is 0 Å². The third-order valence-electron chi connectivity index (χ3n) is 5.41. The van der Waals surface area contributed by atoms with Crippen LogP contribution in [0.1, 0.15) is 36.0 Å². The van der Waals surface area contributed by atoms with Crippen molar-refractivity contribution in [2.45, 2.75) is 0 Å². The highest BCUT2D eigenvalue weighted by Gasteiger charge is 2.26. The van der Waals surface area contributed by atoms with Crippen LogP contribution in [0.2, 0.25) is 0 Å². The number of carbonyl (C=O) groups excluding carboxylic acids is 4. The normalized spacial score (nSPS) is 13.5. The van der Waals surface area contributed by atoms with Crippen molar-refractivity contribution in [3.63, 3.8) is 0 Å². The molecule has 0 atom stereocenters. The van der Waals surface area contributed by atoms with E-state index in [0.717, 1.165) is 0 Å². The van der Waals surface area contributed by atoms with Gasteiger partial charge >= 0.3 is 5.97 Å². The predicted octanol–water partition coefficient (Wildman–Crippen LogP) is 3.12. The van der Waals surface area contributed by atoms with Gasteiger partial charge in [-0.15, -0.1) is 11.3 Å². The second-order valence-electron chi connectivity index (χ2n) is 7.47. The van der Waals surface area contributed by atoms with Gasteiger partial charge in [-0.1, -0.05) is 54.6 Å². The van der Waals surface area contributed by atoms with Crippen molar-refractivity contribution in [2.24, 2.45) is 0 Å². The molecule has 3 aromatic rings. The molecule has 0 unspecified atom stereocenters. The Hall–Kier alpha value is -3.78. The molecule has 33 heavy (non-hydrogen) atoms. The van der Waals surface area contributed by atoms with Crippen LogP contribution in [0.4, 0.5) is 0 Å². The minimum absolute atomic E-state index is 0.0387. The molecule has 7 nitrogen and oxygen atoms in total. The molecule has 2 amide bonds. The molecular formula is C25H22N2O5S. The average molecular weight is 463 g/mol. The number of hydrogen-bond donors (Lipinski definition) is 0. The van der Waals surface area contributed by atoms with E-state index in [0.29, 0.717) is 36.6 Å². The minimum Gasteiger partial charge on any atom is -0.452 e. The first-order chi connectivity index (χ1) is 16.0. The molecule has 0 aliphatic carbocycles. The summed E-state index contributed by atoms with van der Waals surface area (Å²) in [5.74, 6) is -1.39. The van der Waals surface area contributed by atoms with Crippen molar-refractivity contribution in [2.75, 3.05) is 32.8 Å². The molecule has 4 rings (SSSR count). The lowest BCUT2D eigenvalue weighted by atomic mass is 9.98. The van der Waals surface area contributed by atoms with E-state index < -0.39 is 12.6 Å². The van der Waals surface area contributed by atoms with Gasteiger partial charge in [-0.3, -0.25) is 14.4 Å². The Morgan fingerprint density at radius 2 is 1.39 bits per heavy atom. The second kappa shape index (κ2) is 10.2. The molecule has 1 fully saturated rings. The third kappa shape index (κ3) is 5.18. The Morgan fingerprint density at radius 3 is 2.06 bits per heavy atom. The number of carbonyl (C=O) groups is 4. The molecule has 0 N–H and O–H groups in total. The van der Waals surface area contributed by atoms with Crippen LogP contribution in [-0.2, 0) is 9.53 Å². The highest BCUT2D eigenvalue weighted by Crippen LogP contribution is 2.17. The van der Waals surface area contributed by atoms with Crippen molar-refractivity contribution in [1.82, 2.24) is 9.80 Å². The molecule has 0 radical (unpaired) electrons. The van der Waals surface area contributed by atoms with E-state index in [1.807, 2.05) is 11.4 Å². The minimum atomic E-state index is -0.727. The lowest BCUT2D eigenvalue weighted by Crippen LogP contribution is -2.51. The predicted molar refractivity (Wildman–Crippen MR) is 123 cm³/mol. The highest BCUT2D eigenvalue weighted by molar-refractivity contribution is 7.12. The first kappa shape index (κ1) is 22.4. The molecule has 168 valence electrons. The standard InChI is InChI=1S/C25H22N2O5S/c28-22(26-12-14-27(15-13-26)24(30)21-11-6-16-33-21)17-32-25(31)20-10-5-4-9-19(20)23(29)18-7-2-1-3-8-18/h1-11,16H,12-15,17H2. The lowest BCUT2D eigenvalue weighted by molar-refractivity contribution is -0.136. The summed E-state index contributed by atoms with van der Waals surface area (Å²) in [6.45, 7) is 1.16. The van der Waals surface area contributed by atoms with Crippen molar-refractivity contribution in [3.8, 4) is 0 Å². The fourth-order valence-corrected chi connectivity index (χ4v) is 4.31.